The fourth-order valence-electron chi connectivity index (χ4n) is 7.45. The molecule has 0 saturated heterocycles. The number of hydrogen-bond donors (Lipinski definition) is 2. The summed E-state index contributed by atoms with van der Waals surface area (Å²) in [5, 5.41) is 18.2. The van der Waals surface area contributed by atoms with Crippen molar-refractivity contribution in [3.8, 4) is 0 Å². The summed E-state index contributed by atoms with van der Waals surface area (Å²) in [6.45, 7) is 4.69. The Hall–Kier alpha value is 0.190. The minimum Gasteiger partial charge on any atom is -0.481 e. The van der Waals surface area contributed by atoms with E-state index >= 15 is 0 Å². The fraction of sp³-hybridized carbons (Fsp3) is 0.410. The van der Waals surface area contributed by atoms with Gasteiger partial charge in [-0.1, -0.05) is 56.1 Å². The van der Waals surface area contributed by atoms with Crippen LogP contribution in [-0.4, -0.2) is 46.5 Å². The molecule has 4 rings (SSSR count). The monoisotopic (exact) mass is 1360 g/mol. The number of nitrogens with zero attached hydrogens (tertiary/aromatic N) is 2. The van der Waals surface area contributed by atoms with E-state index in [1.54, 1.807) is 0 Å². The maximum atomic E-state index is 11.1. The minimum absolute atomic E-state index is 0.175. The molecule has 0 saturated carbocycles. The number of likely N-dealkylation sites (N-methyl/N-ethyl adjacent to an activating group) is 1. The van der Waals surface area contributed by atoms with Crippen LogP contribution in [0.3, 0.4) is 0 Å². The Balaban J connectivity index is 1.56. The third-order valence-electron chi connectivity index (χ3n) is 10.1. The van der Waals surface area contributed by atoms with Crippen molar-refractivity contribution in [2.24, 2.45) is 0 Å². The lowest BCUT2D eigenvalue weighted by Gasteiger charge is -2.29. The molecule has 0 fully saturated rings. The van der Waals surface area contributed by atoms with Gasteiger partial charge < -0.3 is 15.1 Å². The Bertz CT molecular complexity index is 1850. The van der Waals surface area contributed by atoms with Crippen molar-refractivity contribution in [1.82, 2.24) is 0 Å². The smallest absolute Gasteiger partial charge is 0.303 e. The van der Waals surface area contributed by atoms with Crippen LogP contribution in [0, 0.1) is 21.4 Å². The van der Waals surface area contributed by atoms with E-state index in [2.05, 4.69) is 228 Å². The Morgan fingerprint density at radius 1 is 0.706 bits per heavy atom. The summed E-state index contributed by atoms with van der Waals surface area (Å²) < 4.78 is 10.0. The molecule has 2 unspecified atom stereocenters. The third kappa shape index (κ3) is 9.96. The van der Waals surface area contributed by atoms with Crippen LogP contribution in [0.15, 0.2) is 60.4 Å². The van der Waals surface area contributed by atoms with Crippen molar-refractivity contribution in [1.29, 1.82) is 0 Å². The topological polar surface area (TPSA) is 80.8 Å². The molecule has 12 heteroatoms. The first-order chi connectivity index (χ1) is 24.1. The highest BCUT2D eigenvalue weighted by atomic mass is 127. The number of hydrogen-bond acceptors (Lipinski definition) is 3. The average molecular weight is 1370 g/mol. The zero-order chi connectivity index (χ0) is 37.7. The van der Waals surface area contributed by atoms with Gasteiger partial charge >= 0.3 is 11.9 Å². The van der Waals surface area contributed by atoms with Crippen LogP contribution in [0.5, 0.6) is 0 Å². The molecule has 0 aliphatic carbocycles. The Labute approximate surface area is 384 Å². The Morgan fingerprint density at radius 3 is 1.80 bits per heavy atom. The summed E-state index contributed by atoms with van der Waals surface area (Å²) >= 11 is 14.8. The molecule has 2 aromatic carbocycles. The highest BCUT2D eigenvalue weighted by Gasteiger charge is 2.48. The van der Waals surface area contributed by atoms with Gasteiger partial charge in [-0.3, -0.25) is 9.59 Å². The maximum Gasteiger partial charge on any atom is 0.303 e. The largest absolute Gasteiger partial charge is 0.481 e. The van der Waals surface area contributed by atoms with E-state index in [9.17, 15) is 9.59 Å². The fourth-order valence-corrected chi connectivity index (χ4v) is 12.8. The second-order valence-electron chi connectivity index (χ2n) is 13.5. The highest BCUT2D eigenvalue weighted by Crippen LogP contribution is 2.53. The molecule has 51 heavy (non-hydrogen) atoms. The van der Waals surface area contributed by atoms with E-state index in [0.717, 1.165) is 38.5 Å². The van der Waals surface area contributed by atoms with Gasteiger partial charge in [-0.2, -0.15) is 4.58 Å². The number of anilines is 1. The van der Waals surface area contributed by atoms with Crippen LogP contribution < -0.4 is 4.90 Å². The van der Waals surface area contributed by atoms with E-state index in [1.165, 1.54) is 55.3 Å². The number of carbonyl (C=O) groups is 2. The van der Waals surface area contributed by atoms with Crippen LogP contribution in [0.4, 0.5) is 11.4 Å². The summed E-state index contributed by atoms with van der Waals surface area (Å²) in [6.07, 6.45) is 22.5. The highest BCUT2D eigenvalue weighted by molar-refractivity contribution is 14.1. The van der Waals surface area contributed by atoms with Gasteiger partial charge in [0.2, 0.25) is 5.69 Å². The molecule has 2 atom stereocenters. The molecule has 0 spiro atoms. The second-order valence-corrected chi connectivity index (χ2v) is 20.2. The number of rotatable bonds is 16. The predicted molar refractivity (Wildman–Crippen MR) is 260 cm³/mol. The van der Waals surface area contributed by atoms with Gasteiger partial charge in [-0.05, 0) is 187 Å². The number of carboxylic acids is 2. The van der Waals surface area contributed by atoms with Crippen molar-refractivity contribution in [3.05, 3.63) is 92.9 Å². The first-order valence-corrected chi connectivity index (χ1v) is 23.4. The number of unbranched alkanes of at least 4 members (excludes halogenated alkanes) is 4. The van der Waals surface area contributed by atoms with Gasteiger partial charge in [0.1, 0.15) is 7.05 Å². The summed E-state index contributed by atoms with van der Waals surface area (Å²) in [5.41, 5.74) is 7.40. The van der Waals surface area contributed by atoms with Crippen LogP contribution >= 0.6 is 136 Å². The number of fused-ring (bicyclic) bond motifs is 2. The molecular weight excluding hydrogens is 1320 g/mol. The van der Waals surface area contributed by atoms with E-state index in [0.29, 0.717) is 12.8 Å². The van der Waals surface area contributed by atoms with Gasteiger partial charge in [0.25, 0.3) is 0 Å². The van der Waals surface area contributed by atoms with Gasteiger partial charge in [-0.15, -0.1) is 0 Å². The average Bonchev–Trinajstić information content (AvgIpc) is 3.39. The minimum atomic E-state index is -0.725. The summed E-state index contributed by atoms with van der Waals surface area (Å²) in [6, 6.07) is 4.58. The molecule has 2 aromatic rings. The maximum absolute atomic E-state index is 11.1. The summed E-state index contributed by atoms with van der Waals surface area (Å²) in [4.78, 5) is 24.5. The zero-order valence-corrected chi connectivity index (χ0v) is 42.1. The SMILES string of the molecule is CN1\C(=C/C=C/C=C/C=C/C2=[N+](C)c3cc(I)c(I)c(I)c3C2(C)CCCCCC(=O)O)C(C)(CCCCCC(=O)O)c2c1cc(I)c(I)c2I. The normalized spacial score (nSPS) is 20.9. The second kappa shape index (κ2) is 19.4. The van der Waals surface area contributed by atoms with Crippen molar-refractivity contribution in [2.75, 3.05) is 19.0 Å². The lowest BCUT2D eigenvalue weighted by molar-refractivity contribution is -0.401. The number of allylic oxidation sites excluding steroid dienone is 8. The first kappa shape index (κ1) is 43.9. The van der Waals surface area contributed by atoms with Crippen molar-refractivity contribution in [3.63, 3.8) is 0 Å². The summed E-state index contributed by atoms with van der Waals surface area (Å²) in [7, 11) is 4.32. The molecular formula is C39H43I6N2O4+. The molecule has 274 valence electrons. The van der Waals surface area contributed by atoms with Gasteiger partial charge in [0.15, 0.2) is 5.71 Å². The third-order valence-corrected chi connectivity index (χ3v) is 20.3. The zero-order valence-electron chi connectivity index (χ0n) is 29.1. The number of aliphatic carboxylic acids is 2. The van der Waals surface area contributed by atoms with Crippen LogP contribution in [0.25, 0.3) is 0 Å². The molecule has 2 aliphatic rings. The molecule has 0 amide bonds. The summed E-state index contributed by atoms with van der Waals surface area (Å²) in [5.74, 6) is -1.45. The van der Waals surface area contributed by atoms with Crippen LogP contribution in [0.2, 0.25) is 0 Å². The van der Waals surface area contributed by atoms with Gasteiger partial charge in [0, 0.05) is 75.8 Å². The van der Waals surface area contributed by atoms with Gasteiger partial charge in [0.05, 0.1) is 11.0 Å². The van der Waals surface area contributed by atoms with Gasteiger partial charge in [-0.25, -0.2) is 0 Å². The Morgan fingerprint density at radius 2 is 1.22 bits per heavy atom. The predicted octanol–water partition coefficient (Wildman–Crippen LogP) is 12.3. The quantitative estimate of drug-likeness (QED) is 0.0575. The number of carboxylic acid groups (broad SMARTS) is 2. The van der Waals surface area contributed by atoms with Crippen molar-refractivity contribution in [2.45, 2.75) is 88.9 Å². The van der Waals surface area contributed by atoms with E-state index in [1.807, 2.05) is 0 Å². The first-order valence-electron chi connectivity index (χ1n) is 16.9. The number of benzene rings is 2. The molecule has 2 N–H and O–H groups in total. The van der Waals surface area contributed by atoms with E-state index < -0.39 is 11.9 Å². The standard InChI is InChI=1S/C39H42I6N2O4/c1-38(20-14-8-12-18-30(48)49)28(46(3)26-22-24(40)34(42)36(44)32(26)38)16-10-6-5-7-11-17-29-39(2,21-15-9-13-19-31(50)51)33-27(47(29)4)23-25(41)35(43)37(33)45/h5-7,10-11,16-17,22-23H,8-9,12-15,18-21H2,1-4H3,(H-,48,49,50,51)/p+1. The lowest BCUT2D eigenvalue weighted by atomic mass is 9.75. The van der Waals surface area contributed by atoms with Crippen molar-refractivity contribution >= 4 is 165 Å². The molecule has 6 nitrogen and oxygen atoms in total. The van der Waals surface area contributed by atoms with Crippen molar-refractivity contribution < 1.29 is 24.4 Å². The van der Waals surface area contributed by atoms with E-state index in [-0.39, 0.29) is 23.7 Å². The van der Waals surface area contributed by atoms with E-state index in [4.69, 9.17) is 10.2 Å². The molecule has 0 aromatic heterocycles. The molecule has 0 bridgehead atoms. The lowest BCUT2D eigenvalue weighted by Crippen LogP contribution is -2.31. The van der Waals surface area contributed by atoms with Crippen LogP contribution in [0.1, 0.15) is 89.2 Å². The molecule has 2 aliphatic heterocycles. The number of halogens is 6. The molecule has 0 radical (unpaired) electrons. The Kier molecular flexibility index (Phi) is 16.7. The molecule has 2 heterocycles. The van der Waals surface area contributed by atoms with Crippen LogP contribution in [-0.2, 0) is 20.4 Å².